The number of amides is 1. The highest BCUT2D eigenvalue weighted by Crippen LogP contribution is 2.15. The molecule has 0 aromatic heterocycles. The first kappa shape index (κ1) is 12.1. The van der Waals surface area contributed by atoms with E-state index in [-0.39, 0.29) is 12.5 Å². The van der Waals surface area contributed by atoms with E-state index in [1.807, 2.05) is 0 Å². The van der Waals surface area contributed by atoms with E-state index in [0.717, 1.165) is 0 Å². The van der Waals surface area contributed by atoms with Crippen molar-refractivity contribution in [2.45, 2.75) is 6.42 Å². The average Bonchev–Trinajstić information content (AvgIpc) is 2.71. The number of rotatable bonds is 2. The third kappa shape index (κ3) is 3.65. The van der Waals surface area contributed by atoms with E-state index in [1.165, 1.54) is 11.0 Å². The molecule has 1 saturated heterocycles. The maximum Gasteiger partial charge on any atom is 0.410 e. The van der Waals surface area contributed by atoms with Crippen LogP contribution in [0.3, 0.4) is 0 Å². The number of hydrogen-bond acceptors (Lipinski definition) is 3. The topological polar surface area (TPSA) is 66.8 Å². The van der Waals surface area contributed by atoms with E-state index in [9.17, 15) is 9.59 Å². The van der Waals surface area contributed by atoms with Crippen LogP contribution in [0.1, 0.15) is 6.42 Å². The minimum atomic E-state index is -1.15. The van der Waals surface area contributed by atoms with Crippen molar-refractivity contribution in [3.05, 3.63) is 12.7 Å². The number of nitrogens with zero attached hydrogens (tertiary/aromatic N) is 1. The second-order valence-electron chi connectivity index (χ2n) is 3.37. The number of likely N-dealkylation sites (tertiary alicyclic amines) is 1. The maximum absolute atomic E-state index is 11.4. The number of carbonyl (C=O) groups is 2. The zero-order valence-electron chi connectivity index (χ0n) is 8.81. The summed E-state index contributed by atoms with van der Waals surface area (Å²) in [7, 11) is 0. The molecule has 1 fully saturated rings. The molecule has 0 spiro atoms. The molecular weight excluding hydrogens is 210 g/mol. The highest BCUT2D eigenvalue weighted by molar-refractivity contribution is 5.86. The van der Waals surface area contributed by atoms with Crippen molar-refractivity contribution in [1.82, 2.24) is 4.90 Å². The minimum absolute atomic E-state index is 0.0765. The summed E-state index contributed by atoms with van der Waals surface area (Å²) in [5, 5.41) is 8.38. The standard InChI is InChI=1S/C11H13NO4/c1-2-7-16-11(15)12-6-5-9(8-12)3-4-10(13)14/h2,9H,1,5-8H2,(H,13,14). The first-order valence-corrected chi connectivity index (χ1v) is 4.90. The summed E-state index contributed by atoms with van der Waals surface area (Å²) in [4.78, 5) is 23.1. The quantitative estimate of drug-likeness (QED) is 0.553. The zero-order valence-corrected chi connectivity index (χ0v) is 8.81. The summed E-state index contributed by atoms with van der Waals surface area (Å²) >= 11 is 0. The Morgan fingerprint density at radius 1 is 1.62 bits per heavy atom. The molecule has 5 heteroatoms. The van der Waals surface area contributed by atoms with Crippen molar-refractivity contribution in [2.24, 2.45) is 5.92 Å². The van der Waals surface area contributed by atoms with Crippen molar-refractivity contribution < 1.29 is 19.4 Å². The van der Waals surface area contributed by atoms with Crippen LogP contribution in [-0.2, 0) is 9.53 Å². The maximum atomic E-state index is 11.4. The lowest BCUT2D eigenvalue weighted by Gasteiger charge is -2.14. The summed E-state index contributed by atoms with van der Waals surface area (Å²) in [6, 6.07) is 0. The first-order valence-electron chi connectivity index (χ1n) is 4.90. The smallest absolute Gasteiger partial charge is 0.410 e. The Bertz CT molecular complexity index is 353. The van der Waals surface area contributed by atoms with Gasteiger partial charge >= 0.3 is 12.1 Å². The van der Waals surface area contributed by atoms with Gasteiger partial charge in [-0.25, -0.2) is 9.59 Å². The van der Waals surface area contributed by atoms with Gasteiger partial charge in [0.2, 0.25) is 0 Å². The van der Waals surface area contributed by atoms with E-state index in [2.05, 4.69) is 18.4 Å². The summed E-state index contributed by atoms with van der Waals surface area (Å²) < 4.78 is 4.85. The Morgan fingerprint density at radius 2 is 2.38 bits per heavy atom. The molecule has 1 rings (SSSR count). The molecule has 1 N–H and O–H groups in total. The molecule has 1 amide bonds. The van der Waals surface area contributed by atoms with Crippen LogP contribution < -0.4 is 0 Å². The summed E-state index contributed by atoms with van der Waals surface area (Å²) in [5.41, 5.74) is 0. The van der Waals surface area contributed by atoms with E-state index < -0.39 is 12.1 Å². The van der Waals surface area contributed by atoms with Gasteiger partial charge in [-0.15, -0.1) is 0 Å². The van der Waals surface area contributed by atoms with Crippen LogP contribution in [0.15, 0.2) is 12.7 Å². The molecule has 86 valence electrons. The van der Waals surface area contributed by atoms with Gasteiger partial charge in [-0.3, -0.25) is 0 Å². The van der Waals surface area contributed by atoms with Gasteiger partial charge in [0.15, 0.2) is 0 Å². The van der Waals surface area contributed by atoms with Gasteiger partial charge in [-0.05, 0) is 6.42 Å². The number of carboxylic acids is 1. The number of carboxylic acid groups (broad SMARTS) is 1. The van der Waals surface area contributed by atoms with Crippen molar-refractivity contribution in [3.63, 3.8) is 0 Å². The average molecular weight is 223 g/mol. The van der Waals surface area contributed by atoms with Crippen LogP contribution in [-0.4, -0.2) is 41.8 Å². The van der Waals surface area contributed by atoms with Crippen molar-refractivity contribution in [3.8, 4) is 11.8 Å². The SMILES string of the molecule is C=CCOC(=O)N1CCC(C#CC(=O)O)C1. The van der Waals surface area contributed by atoms with Gasteiger partial charge in [0.25, 0.3) is 0 Å². The highest BCUT2D eigenvalue weighted by Gasteiger charge is 2.25. The lowest BCUT2D eigenvalue weighted by Crippen LogP contribution is -2.29. The van der Waals surface area contributed by atoms with E-state index in [4.69, 9.17) is 9.84 Å². The van der Waals surface area contributed by atoms with Crippen LogP contribution in [0, 0.1) is 17.8 Å². The molecule has 0 aromatic carbocycles. The van der Waals surface area contributed by atoms with Crippen molar-refractivity contribution >= 4 is 12.1 Å². The van der Waals surface area contributed by atoms with E-state index in [1.54, 1.807) is 0 Å². The van der Waals surface area contributed by atoms with Gasteiger partial charge in [-0.1, -0.05) is 18.6 Å². The van der Waals surface area contributed by atoms with Crippen LogP contribution in [0.25, 0.3) is 0 Å². The Balaban J connectivity index is 2.41. The minimum Gasteiger partial charge on any atom is -0.472 e. The molecule has 5 nitrogen and oxygen atoms in total. The Hall–Kier alpha value is -1.96. The van der Waals surface area contributed by atoms with E-state index >= 15 is 0 Å². The molecule has 1 aliphatic heterocycles. The van der Waals surface area contributed by atoms with Gasteiger partial charge in [0.05, 0.1) is 0 Å². The lowest BCUT2D eigenvalue weighted by molar-refractivity contribution is -0.130. The highest BCUT2D eigenvalue weighted by atomic mass is 16.6. The number of hydrogen-bond donors (Lipinski definition) is 1. The van der Waals surface area contributed by atoms with Gasteiger partial charge in [-0.2, -0.15) is 0 Å². The van der Waals surface area contributed by atoms with Crippen molar-refractivity contribution in [2.75, 3.05) is 19.7 Å². The largest absolute Gasteiger partial charge is 0.472 e. The normalized spacial score (nSPS) is 18.5. The van der Waals surface area contributed by atoms with Gasteiger partial charge in [0, 0.05) is 24.9 Å². The zero-order chi connectivity index (χ0) is 12.0. The molecule has 16 heavy (non-hydrogen) atoms. The first-order chi connectivity index (χ1) is 7.63. The second-order valence-corrected chi connectivity index (χ2v) is 3.37. The predicted molar refractivity (Wildman–Crippen MR) is 56.6 cm³/mol. The van der Waals surface area contributed by atoms with Crippen LogP contribution >= 0.6 is 0 Å². The van der Waals surface area contributed by atoms with Gasteiger partial charge < -0.3 is 14.7 Å². The Kier molecular flexibility index (Phi) is 4.40. The van der Waals surface area contributed by atoms with Gasteiger partial charge in [0.1, 0.15) is 6.61 Å². The molecular formula is C11H13NO4. The third-order valence-corrected chi connectivity index (χ3v) is 2.15. The Labute approximate surface area is 93.7 Å². The molecule has 1 heterocycles. The summed E-state index contributed by atoms with van der Waals surface area (Å²) in [6.45, 7) is 4.60. The molecule has 1 atom stereocenters. The summed E-state index contributed by atoms with van der Waals surface area (Å²) in [6.07, 6.45) is 1.78. The number of aliphatic carboxylic acids is 1. The van der Waals surface area contributed by atoms with Crippen molar-refractivity contribution in [1.29, 1.82) is 0 Å². The Morgan fingerprint density at radius 3 is 3.00 bits per heavy atom. The third-order valence-electron chi connectivity index (χ3n) is 2.15. The van der Waals surface area contributed by atoms with Crippen LogP contribution in [0.5, 0.6) is 0 Å². The van der Waals surface area contributed by atoms with E-state index in [0.29, 0.717) is 19.5 Å². The molecule has 0 aromatic rings. The summed E-state index contributed by atoms with van der Waals surface area (Å²) in [5.74, 6) is 3.44. The monoisotopic (exact) mass is 223 g/mol. The van der Waals surface area contributed by atoms with Crippen LogP contribution in [0.4, 0.5) is 4.79 Å². The predicted octanol–water partition coefficient (Wildman–Crippen LogP) is 0.719. The number of ether oxygens (including phenoxy) is 1. The fourth-order valence-corrected chi connectivity index (χ4v) is 1.43. The second kappa shape index (κ2) is 5.81. The number of carbonyl (C=O) groups excluding carboxylic acids is 1. The molecule has 0 aliphatic carbocycles. The fraction of sp³-hybridized carbons (Fsp3) is 0.455. The molecule has 0 radical (unpaired) electrons. The molecule has 0 saturated carbocycles. The van der Waals surface area contributed by atoms with Crippen LogP contribution in [0.2, 0.25) is 0 Å². The molecule has 1 aliphatic rings. The lowest BCUT2D eigenvalue weighted by atomic mass is 10.1. The molecule has 1 unspecified atom stereocenters. The molecule has 0 bridgehead atoms. The fourth-order valence-electron chi connectivity index (χ4n) is 1.43.